The van der Waals surface area contributed by atoms with E-state index in [4.69, 9.17) is 0 Å². The number of rotatable bonds is 11. The van der Waals surface area contributed by atoms with Crippen molar-refractivity contribution in [1.82, 2.24) is 0 Å². The molecule has 0 spiro atoms. The fourth-order valence-corrected chi connectivity index (χ4v) is 14.5. The molecule has 14 aromatic rings. The second kappa shape index (κ2) is 20.0. The Morgan fingerprint density at radius 3 is 0.798 bits per heavy atom. The molecule has 0 radical (unpaired) electrons. The second-order valence-electron chi connectivity index (χ2n) is 22.2. The van der Waals surface area contributed by atoms with Crippen LogP contribution in [-0.2, 0) is 10.8 Å². The Labute approximate surface area is 491 Å². The smallest absolute Gasteiger partial charge is 0.0714 e. The van der Waals surface area contributed by atoms with E-state index in [1.54, 1.807) is 0 Å². The van der Waals surface area contributed by atoms with Gasteiger partial charge in [0.15, 0.2) is 0 Å². The maximum Gasteiger partial charge on any atom is 0.0714 e. The first-order valence-electron chi connectivity index (χ1n) is 29.2. The monoisotopic (exact) mass is 1070 g/mol. The van der Waals surface area contributed by atoms with Crippen molar-refractivity contribution < 1.29 is 0 Å². The van der Waals surface area contributed by atoms with Crippen LogP contribution in [0.3, 0.4) is 0 Å². The van der Waals surface area contributed by atoms with Crippen LogP contribution in [-0.4, -0.2) is 0 Å². The largest absolute Gasteiger partial charge is 0.310 e. The number of para-hydroxylation sites is 2. The van der Waals surface area contributed by atoms with Gasteiger partial charge in [0.1, 0.15) is 0 Å². The van der Waals surface area contributed by atoms with Crippen LogP contribution in [0.1, 0.15) is 44.5 Å². The Kier molecular flexibility index (Phi) is 11.7. The molecule has 0 saturated heterocycles. The van der Waals surface area contributed by atoms with Crippen molar-refractivity contribution in [1.29, 1.82) is 0 Å². The van der Waals surface area contributed by atoms with Gasteiger partial charge in [0, 0.05) is 33.5 Å². The van der Waals surface area contributed by atoms with Crippen LogP contribution in [0.5, 0.6) is 0 Å². The molecule has 2 heteroatoms. The summed E-state index contributed by atoms with van der Waals surface area (Å²) in [7, 11) is 0. The summed E-state index contributed by atoms with van der Waals surface area (Å²) in [5.41, 5.74) is 23.0. The molecule has 394 valence electrons. The summed E-state index contributed by atoms with van der Waals surface area (Å²) in [6.07, 6.45) is 0. The van der Waals surface area contributed by atoms with E-state index in [-0.39, 0.29) is 0 Å². The van der Waals surface area contributed by atoms with Crippen LogP contribution in [0.15, 0.2) is 340 Å². The highest BCUT2D eigenvalue weighted by molar-refractivity contribution is 6.12. The molecule has 0 bridgehead atoms. The molecule has 0 unspecified atom stereocenters. The predicted octanol–water partition coefficient (Wildman–Crippen LogP) is 21.3. The summed E-state index contributed by atoms with van der Waals surface area (Å²) < 4.78 is 0. The highest BCUT2D eigenvalue weighted by atomic mass is 15.1. The number of fused-ring (bicyclic) bond motifs is 10. The summed E-state index contributed by atoms with van der Waals surface area (Å²) in [6.45, 7) is 0. The molecule has 2 nitrogen and oxygen atoms in total. The molecular weight excluding hydrogens is 1010 g/mol. The second-order valence-corrected chi connectivity index (χ2v) is 22.2. The minimum absolute atomic E-state index is 0.559. The molecular formula is C82H56N2. The molecule has 2 aliphatic carbocycles. The van der Waals surface area contributed by atoms with Crippen molar-refractivity contribution in [3.8, 4) is 33.4 Å². The Balaban J connectivity index is 0.834. The lowest BCUT2D eigenvalue weighted by atomic mass is 9.67. The van der Waals surface area contributed by atoms with Crippen LogP contribution >= 0.6 is 0 Å². The van der Waals surface area contributed by atoms with Gasteiger partial charge in [-0.3, -0.25) is 0 Å². The van der Waals surface area contributed by atoms with Crippen LogP contribution < -0.4 is 9.80 Å². The van der Waals surface area contributed by atoms with Crippen molar-refractivity contribution in [2.75, 3.05) is 9.80 Å². The maximum atomic E-state index is 2.50. The standard InChI is InChI=1S/C82H56N2/c1-7-27-59(28-8-1)81(60-29-9-2-10-30-60)73-45-25-23-43-71(73)79-69-41-21-19-39-67(69)77(55-75(79)81)83(63-35-15-5-16-36-63)65-51-47-57(48-52-65)58-49-53-66(54-50-58)84(64-37-17-6-18-38-64)78-56-76-80(70-42-22-20-40-68(70)78)72-44-24-26-46-74(72)82(76,61-31-11-3-12-32-61)62-33-13-4-14-34-62/h1-56H. The number of benzene rings is 14. The molecule has 0 saturated carbocycles. The summed E-state index contributed by atoms with van der Waals surface area (Å²) in [4.78, 5) is 4.92. The number of hydrogen-bond acceptors (Lipinski definition) is 2. The summed E-state index contributed by atoms with van der Waals surface area (Å²) in [5, 5.41) is 4.86. The average molecular weight is 1070 g/mol. The van der Waals surface area contributed by atoms with Crippen LogP contribution in [0.2, 0.25) is 0 Å². The van der Waals surface area contributed by atoms with Gasteiger partial charge >= 0.3 is 0 Å². The third-order valence-corrected chi connectivity index (χ3v) is 18.0. The highest BCUT2D eigenvalue weighted by Gasteiger charge is 2.49. The predicted molar refractivity (Wildman–Crippen MR) is 351 cm³/mol. The summed E-state index contributed by atoms with van der Waals surface area (Å²) in [5.74, 6) is 0. The normalized spacial score (nSPS) is 13.2. The Bertz CT molecular complexity index is 4350. The third kappa shape index (κ3) is 7.44. The lowest BCUT2D eigenvalue weighted by Crippen LogP contribution is -2.28. The highest BCUT2D eigenvalue weighted by Crippen LogP contribution is 2.62. The quantitative estimate of drug-likeness (QED) is 0.127. The SMILES string of the molecule is c1ccc(N(c2ccc(-c3ccc(N(c4ccccc4)c4cc5c(c6ccccc46)-c4ccccc4C5(c4ccccc4)c4ccccc4)cc3)cc2)c2cc3c(c4ccccc24)-c2ccccc2C3(c2ccccc2)c2ccccc2)cc1. The van der Waals surface area contributed by atoms with Gasteiger partial charge in [-0.2, -0.15) is 0 Å². The molecule has 0 atom stereocenters. The van der Waals surface area contributed by atoms with Crippen LogP contribution in [0.25, 0.3) is 54.9 Å². The van der Waals surface area contributed by atoms with E-state index in [1.807, 2.05) is 0 Å². The minimum atomic E-state index is -0.559. The number of nitrogens with zero attached hydrogens (tertiary/aromatic N) is 2. The Morgan fingerprint density at radius 2 is 0.464 bits per heavy atom. The van der Waals surface area contributed by atoms with Crippen molar-refractivity contribution in [2.24, 2.45) is 0 Å². The van der Waals surface area contributed by atoms with Crippen molar-refractivity contribution >= 4 is 55.7 Å². The average Bonchev–Trinajstić information content (AvgIpc) is 1.99. The molecule has 16 rings (SSSR count). The zero-order valence-corrected chi connectivity index (χ0v) is 46.2. The van der Waals surface area contributed by atoms with Gasteiger partial charge in [0.25, 0.3) is 0 Å². The van der Waals surface area contributed by atoms with Gasteiger partial charge in [-0.1, -0.05) is 279 Å². The number of hydrogen-bond donors (Lipinski definition) is 0. The van der Waals surface area contributed by atoms with E-state index in [2.05, 4.69) is 350 Å². The third-order valence-electron chi connectivity index (χ3n) is 18.0. The first-order chi connectivity index (χ1) is 41.7. The molecule has 0 N–H and O–H groups in total. The summed E-state index contributed by atoms with van der Waals surface area (Å²) >= 11 is 0. The van der Waals surface area contributed by atoms with Gasteiger partial charge in [-0.05, 0) is 149 Å². The van der Waals surface area contributed by atoms with Gasteiger partial charge in [-0.25, -0.2) is 0 Å². The van der Waals surface area contributed by atoms with Gasteiger partial charge in [0.05, 0.1) is 22.2 Å². The molecule has 0 amide bonds. The molecule has 84 heavy (non-hydrogen) atoms. The molecule has 14 aromatic carbocycles. The van der Waals surface area contributed by atoms with Crippen LogP contribution in [0.4, 0.5) is 34.1 Å². The minimum Gasteiger partial charge on any atom is -0.310 e. The van der Waals surface area contributed by atoms with E-state index >= 15 is 0 Å². The van der Waals surface area contributed by atoms with E-state index in [0.29, 0.717) is 0 Å². The van der Waals surface area contributed by atoms with E-state index in [0.717, 1.165) is 45.3 Å². The van der Waals surface area contributed by atoms with E-state index < -0.39 is 10.8 Å². The molecule has 0 fully saturated rings. The molecule has 0 aromatic heterocycles. The Hall–Kier alpha value is -10.8. The maximum absolute atomic E-state index is 2.50. The van der Waals surface area contributed by atoms with Gasteiger partial charge < -0.3 is 9.80 Å². The van der Waals surface area contributed by atoms with Gasteiger partial charge in [-0.15, -0.1) is 0 Å². The molecule has 0 aliphatic heterocycles. The van der Waals surface area contributed by atoms with E-state index in [1.165, 1.54) is 88.3 Å². The zero-order valence-electron chi connectivity index (χ0n) is 46.2. The summed E-state index contributed by atoms with van der Waals surface area (Å²) in [6, 6.07) is 126. The van der Waals surface area contributed by atoms with Crippen LogP contribution in [0, 0.1) is 0 Å². The van der Waals surface area contributed by atoms with Crippen molar-refractivity contribution in [2.45, 2.75) is 10.8 Å². The Morgan fingerprint density at radius 1 is 0.202 bits per heavy atom. The molecule has 2 aliphatic rings. The van der Waals surface area contributed by atoms with E-state index in [9.17, 15) is 0 Å². The lowest BCUT2D eigenvalue weighted by molar-refractivity contribution is 0.769. The fourth-order valence-electron chi connectivity index (χ4n) is 14.5. The van der Waals surface area contributed by atoms with Gasteiger partial charge in [0.2, 0.25) is 0 Å². The first-order valence-corrected chi connectivity index (χ1v) is 29.2. The first kappa shape index (κ1) is 49.1. The van der Waals surface area contributed by atoms with Crippen molar-refractivity contribution in [3.05, 3.63) is 384 Å². The fraction of sp³-hybridized carbons (Fsp3) is 0.0244. The number of anilines is 6. The lowest BCUT2D eigenvalue weighted by Gasteiger charge is -2.35. The van der Waals surface area contributed by atoms with Crippen molar-refractivity contribution in [3.63, 3.8) is 0 Å². The topological polar surface area (TPSA) is 6.48 Å². The molecule has 0 heterocycles. The zero-order chi connectivity index (χ0) is 55.6.